The number of piperidine rings is 1. The lowest BCUT2D eigenvalue weighted by molar-refractivity contribution is -0.134. The highest BCUT2D eigenvalue weighted by molar-refractivity contribution is 7.86. The van der Waals surface area contributed by atoms with Crippen molar-refractivity contribution in [2.45, 2.75) is 65.1 Å². The molecule has 2 unspecified atom stereocenters. The minimum absolute atomic E-state index is 0.0206. The molecule has 1 aliphatic carbocycles. The summed E-state index contributed by atoms with van der Waals surface area (Å²) < 4.78 is 30.0. The van der Waals surface area contributed by atoms with E-state index in [0.717, 1.165) is 6.42 Å². The lowest BCUT2D eigenvalue weighted by Crippen LogP contribution is -2.51. The number of carbonyl (C=O) groups is 1. The molecule has 28 heavy (non-hydrogen) atoms. The monoisotopic (exact) mass is 413 g/mol. The van der Waals surface area contributed by atoms with E-state index in [-0.39, 0.29) is 41.8 Å². The van der Waals surface area contributed by atoms with E-state index in [1.807, 2.05) is 4.90 Å². The van der Waals surface area contributed by atoms with Gasteiger partial charge in [-0.1, -0.05) is 20.8 Å². The van der Waals surface area contributed by atoms with Gasteiger partial charge in [-0.3, -0.25) is 4.79 Å². The maximum absolute atomic E-state index is 13.4. The molecule has 3 heterocycles. The minimum Gasteiger partial charge on any atom is -0.393 e. The van der Waals surface area contributed by atoms with E-state index in [4.69, 9.17) is 0 Å². The zero-order valence-electron chi connectivity index (χ0n) is 17.5. The third-order valence-corrected chi connectivity index (χ3v) is 10.1. The number of carbonyl (C=O) groups excluding carboxylic acids is 1. The zero-order chi connectivity index (χ0) is 20.4. The molecule has 7 atom stereocenters. The van der Waals surface area contributed by atoms with Gasteiger partial charge < -0.3 is 10.0 Å². The molecule has 7 nitrogen and oxygen atoms in total. The van der Waals surface area contributed by atoms with Gasteiger partial charge in [-0.15, -0.1) is 0 Å². The Morgan fingerprint density at radius 2 is 1.64 bits per heavy atom. The molecule has 4 aliphatic rings. The summed E-state index contributed by atoms with van der Waals surface area (Å²) in [5, 5.41) is 9.79. The van der Waals surface area contributed by atoms with Gasteiger partial charge in [-0.25, -0.2) is 0 Å². The van der Waals surface area contributed by atoms with E-state index < -0.39 is 10.2 Å². The van der Waals surface area contributed by atoms with Crippen molar-refractivity contribution in [3.63, 3.8) is 0 Å². The predicted octanol–water partition coefficient (Wildman–Crippen LogP) is 1.15. The second-order valence-electron chi connectivity index (χ2n) is 9.65. The first-order chi connectivity index (χ1) is 13.1. The number of rotatable bonds is 4. The predicted molar refractivity (Wildman–Crippen MR) is 106 cm³/mol. The molecule has 0 aromatic heterocycles. The molecule has 0 aromatic rings. The summed E-state index contributed by atoms with van der Waals surface area (Å²) in [5.41, 5.74) is 0. The SMILES string of the molecule is CC(O)C1CCN(S(=O)(=O)N2CC[C@H]3[C@H]2[C@@H](C)CN3C(=O)C2[C@@H](C)[C@H]2C)CC1. The normalized spacial score (nSPS) is 41.2. The average molecular weight is 414 g/mol. The van der Waals surface area contributed by atoms with Crippen LogP contribution < -0.4 is 0 Å². The van der Waals surface area contributed by atoms with Crippen molar-refractivity contribution < 1.29 is 18.3 Å². The Hall–Kier alpha value is -0.700. The number of aliphatic hydroxyl groups is 1. The lowest BCUT2D eigenvalue weighted by atomic mass is 9.93. The van der Waals surface area contributed by atoms with Crippen molar-refractivity contribution in [1.29, 1.82) is 0 Å². The van der Waals surface area contributed by atoms with Crippen LogP contribution in [0.2, 0.25) is 0 Å². The van der Waals surface area contributed by atoms with E-state index >= 15 is 0 Å². The van der Waals surface area contributed by atoms with Crippen LogP contribution in [0.3, 0.4) is 0 Å². The Kier molecular flexibility index (Phi) is 5.30. The molecule has 1 amide bonds. The van der Waals surface area contributed by atoms with E-state index in [1.165, 1.54) is 0 Å². The van der Waals surface area contributed by atoms with Crippen molar-refractivity contribution in [1.82, 2.24) is 13.5 Å². The molecule has 3 aliphatic heterocycles. The molecule has 4 rings (SSSR count). The van der Waals surface area contributed by atoms with Gasteiger partial charge in [0.2, 0.25) is 5.91 Å². The first-order valence-electron chi connectivity index (χ1n) is 10.9. The Morgan fingerprint density at radius 3 is 2.18 bits per heavy atom. The van der Waals surface area contributed by atoms with Gasteiger partial charge in [0.05, 0.1) is 12.1 Å². The van der Waals surface area contributed by atoms with Gasteiger partial charge in [-0.2, -0.15) is 17.0 Å². The third-order valence-electron chi connectivity index (χ3n) is 8.03. The fourth-order valence-corrected chi connectivity index (χ4v) is 7.85. The van der Waals surface area contributed by atoms with E-state index in [0.29, 0.717) is 50.9 Å². The quantitative estimate of drug-likeness (QED) is 0.750. The molecule has 1 saturated carbocycles. The standard InChI is InChI=1S/C20H35N3O4S/c1-12-11-22(20(25)18-13(2)14(18)3)17-7-10-23(19(12)17)28(26,27)21-8-5-16(6-9-21)15(4)24/h12-19,24H,5-11H2,1-4H3/t12-,13-,14+,15?,17-,18?,19+/m0/s1. The summed E-state index contributed by atoms with van der Waals surface area (Å²) in [4.78, 5) is 15.0. The average Bonchev–Trinajstić information content (AvgIpc) is 3.02. The summed E-state index contributed by atoms with van der Waals surface area (Å²) in [7, 11) is -3.53. The molecular weight excluding hydrogens is 378 g/mol. The number of hydrogen-bond donors (Lipinski definition) is 1. The van der Waals surface area contributed by atoms with E-state index in [2.05, 4.69) is 20.8 Å². The maximum atomic E-state index is 13.4. The van der Waals surface area contributed by atoms with Crippen LogP contribution in [0, 0.1) is 29.6 Å². The molecule has 0 bridgehead atoms. The summed E-state index contributed by atoms with van der Waals surface area (Å²) in [5.74, 6) is 1.58. The Bertz CT molecular complexity index is 711. The van der Waals surface area contributed by atoms with Crippen LogP contribution in [-0.4, -0.2) is 77.3 Å². The molecule has 0 spiro atoms. The van der Waals surface area contributed by atoms with Gasteiger partial charge in [0.25, 0.3) is 10.2 Å². The van der Waals surface area contributed by atoms with Crippen molar-refractivity contribution in [3.8, 4) is 0 Å². The van der Waals surface area contributed by atoms with Gasteiger partial charge in [0, 0.05) is 38.1 Å². The van der Waals surface area contributed by atoms with Crippen LogP contribution in [0.1, 0.15) is 47.0 Å². The first kappa shape index (κ1) is 20.6. The second kappa shape index (κ2) is 7.22. The van der Waals surface area contributed by atoms with Crippen LogP contribution in [0.5, 0.6) is 0 Å². The highest BCUT2D eigenvalue weighted by Gasteiger charge is 2.57. The highest BCUT2D eigenvalue weighted by Crippen LogP contribution is 2.49. The molecule has 8 heteroatoms. The lowest BCUT2D eigenvalue weighted by Gasteiger charge is -2.36. The number of likely N-dealkylation sites (tertiary alicyclic amines) is 1. The first-order valence-corrected chi connectivity index (χ1v) is 12.3. The maximum Gasteiger partial charge on any atom is 0.282 e. The number of amides is 1. The second-order valence-corrected chi connectivity index (χ2v) is 11.5. The largest absolute Gasteiger partial charge is 0.393 e. The van der Waals surface area contributed by atoms with E-state index in [9.17, 15) is 18.3 Å². The molecular formula is C20H35N3O4S. The van der Waals surface area contributed by atoms with Gasteiger partial charge in [0.1, 0.15) is 0 Å². The van der Waals surface area contributed by atoms with Crippen LogP contribution in [0.25, 0.3) is 0 Å². The molecule has 0 aromatic carbocycles. The number of fused-ring (bicyclic) bond motifs is 1. The number of aliphatic hydroxyl groups excluding tert-OH is 1. The van der Waals surface area contributed by atoms with Gasteiger partial charge >= 0.3 is 0 Å². The molecule has 160 valence electrons. The molecule has 0 radical (unpaired) electrons. The summed E-state index contributed by atoms with van der Waals surface area (Å²) in [6.07, 6.45) is 1.76. The fraction of sp³-hybridized carbons (Fsp3) is 0.950. The molecule has 3 saturated heterocycles. The zero-order valence-corrected chi connectivity index (χ0v) is 18.3. The minimum atomic E-state index is -3.53. The van der Waals surface area contributed by atoms with Crippen LogP contribution in [0.15, 0.2) is 0 Å². The van der Waals surface area contributed by atoms with E-state index in [1.54, 1.807) is 15.5 Å². The third kappa shape index (κ3) is 3.20. The Balaban J connectivity index is 1.46. The van der Waals surface area contributed by atoms with Crippen LogP contribution in [-0.2, 0) is 15.0 Å². The summed E-state index contributed by atoms with van der Waals surface area (Å²) in [6.45, 7) is 10.2. The van der Waals surface area contributed by atoms with Crippen molar-refractivity contribution in [2.24, 2.45) is 29.6 Å². The number of nitrogens with zero attached hydrogens (tertiary/aromatic N) is 3. The number of hydrogen-bond acceptors (Lipinski definition) is 4. The Morgan fingerprint density at radius 1 is 1.04 bits per heavy atom. The van der Waals surface area contributed by atoms with Crippen molar-refractivity contribution >= 4 is 16.1 Å². The fourth-order valence-electron chi connectivity index (χ4n) is 5.89. The smallest absolute Gasteiger partial charge is 0.282 e. The topological polar surface area (TPSA) is 81.2 Å². The Labute approximate surface area is 169 Å². The van der Waals surface area contributed by atoms with Gasteiger partial charge in [0.15, 0.2) is 0 Å². The summed E-state index contributed by atoms with van der Waals surface area (Å²) >= 11 is 0. The molecule has 4 fully saturated rings. The van der Waals surface area contributed by atoms with Crippen LogP contribution in [0.4, 0.5) is 0 Å². The van der Waals surface area contributed by atoms with Crippen molar-refractivity contribution in [2.75, 3.05) is 26.2 Å². The van der Waals surface area contributed by atoms with Crippen LogP contribution >= 0.6 is 0 Å². The highest BCUT2D eigenvalue weighted by atomic mass is 32.2. The molecule has 1 N–H and O–H groups in total. The van der Waals surface area contributed by atoms with Crippen molar-refractivity contribution in [3.05, 3.63) is 0 Å². The van der Waals surface area contributed by atoms with Gasteiger partial charge in [-0.05, 0) is 49.9 Å². The summed E-state index contributed by atoms with van der Waals surface area (Å²) in [6, 6.07) is -0.0833.